The van der Waals surface area contributed by atoms with E-state index in [1.165, 1.54) is 33.3 Å². The molecule has 0 radical (unpaired) electrons. The molecule has 4 unspecified atom stereocenters. The molecule has 6 rings (SSSR count). The summed E-state index contributed by atoms with van der Waals surface area (Å²) in [5.41, 5.74) is 4.38. The third kappa shape index (κ3) is 9.99. The van der Waals surface area contributed by atoms with Crippen LogP contribution < -0.4 is 0 Å². The Morgan fingerprint density at radius 1 is 0.684 bits per heavy atom. The number of ether oxygens (including phenoxy) is 2. The number of thioether (sulfide) groups is 2. The minimum atomic E-state index is -3.53. The van der Waals surface area contributed by atoms with Crippen molar-refractivity contribution >= 4 is 67.3 Å². The van der Waals surface area contributed by atoms with Gasteiger partial charge in [0, 0.05) is 37.4 Å². The van der Waals surface area contributed by atoms with Crippen LogP contribution in [0.25, 0.3) is 0 Å². The van der Waals surface area contributed by atoms with Gasteiger partial charge in [-0.2, -0.15) is 0 Å². The van der Waals surface area contributed by atoms with E-state index in [-0.39, 0.29) is 35.0 Å². The topological polar surface area (TPSA) is 136 Å². The quantitative estimate of drug-likeness (QED) is 0.136. The molecule has 0 saturated carbocycles. The third-order valence-corrected chi connectivity index (χ3v) is 13.5. The van der Waals surface area contributed by atoms with Crippen molar-refractivity contribution in [1.29, 1.82) is 0 Å². The molecule has 2 aromatic carbocycles. The number of β-lactam (4-membered cyclic amide) rings is 2. The minimum absolute atomic E-state index is 0.134. The Balaban J connectivity index is 1.12. The summed E-state index contributed by atoms with van der Waals surface area (Å²) in [6.07, 6.45) is -0.112. The lowest BCUT2D eigenvalue weighted by molar-refractivity contribution is -0.143. The molecular weight excluding hydrogens is 781 g/mol. The zero-order valence-electron chi connectivity index (χ0n) is 33.9. The van der Waals surface area contributed by atoms with Crippen molar-refractivity contribution in [3.05, 3.63) is 94.3 Å². The van der Waals surface area contributed by atoms with E-state index < -0.39 is 43.7 Å². The number of fused-ring (bicyclic) bond motifs is 2. The van der Waals surface area contributed by atoms with Crippen LogP contribution in [0.3, 0.4) is 0 Å². The van der Waals surface area contributed by atoms with Gasteiger partial charge in [0.1, 0.15) is 33.6 Å². The Hall–Kier alpha value is -4.02. The van der Waals surface area contributed by atoms with E-state index in [9.17, 15) is 19.2 Å². The molecule has 0 aromatic heterocycles. The number of nitrogens with zero attached hydrogens (tertiary/aromatic N) is 4. The first-order valence-electron chi connectivity index (χ1n) is 19.4. The van der Waals surface area contributed by atoms with Crippen LogP contribution in [0.15, 0.2) is 93.2 Å². The molecule has 2 amide bonds. The van der Waals surface area contributed by atoms with Crippen molar-refractivity contribution in [2.24, 2.45) is 21.8 Å². The first-order chi connectivity index (χ1) is 27.1. The highest BCUT2D eigenvalue weighted by Crippen LogP contribution is 2.41. The van der Waals surface area contributed by atoms with Gasteiger partial charge in [0.25, 0.3) is 11.8 Å². The largest absolute Gasteiger partial charge is 0.480 e. The van der Waals surface area contributed by atoms with Crippen LogP contribution in [0, 0.1) is 11.8 Å². The van der Waals surface area contributed by atoms with Gasteiger partial charge in [0.15, 0.2) is 12.5 Å². The second-order valence-corrected chi connectivity index (χ2v) is 21.2. The predicted molar refractivity (Wildman–Crippen MR) is 226 cm³/mol. The highest BCUT2D eigenvalue weighted by atomic mass is 32.2. The molecule has 4 heterocycles. The lowest BCUT2D eigenvalue weighted by Gasteiger charge is -2.46. The Labute approximate surface area is 344 Å². The molecule has 15 heteroatoms. The maximum atomic E-state index is 13.9. The van der Waals surface area contributed by atoms with Crippen molar-refractivity contribution in [2.75, 3.05) is 24.7 Å². The summed E-state index contributed by atoms with van der Waals surface area (Å²) in [5, 5.41) is -0.948. The van der Waals surface area contributed by atoms with Crippen molar-refractivity contribution in [2.45, 2.75) is 90.7 Å². The first kappa shape index (κ1) is 42.6. The molecule has 0 N–H and O–H groups in total. The van der Waals surface area contributed by atoms with Gasteiger partial charge in [-0.15, -0.1) is 23.5 Å². The minimum Gasteiger partial charge on any atom is -0.480 e. The number of amides is 2. The fourth-order valence-electron chi connectivity index (χ4n) is 6.66. The van der Waals surface area contributed by atoms with Gasteiger partial charge in [-0.05, 0) is 48.0 Å². The molecule has 0 spiro atoms. The van der Waals surface area contributed by atoms with Crippen molar-refractivity contribution in [3.63, 3.8) is 0 Å². The molecule has 4 aliphatic heterocycles. The molecule has 0 aliphatic carbocycles. The van der Waals surface area contributed by atoms with Gasteiger partial charge >= 0.3 is 20.5 Å². The molecule has 4 aliphatic rings. The fourth-order valence-corrected chi connectivity index (χ4v) is 10.2. The van der Waals surface area contributed by atoms with Crippen LogP contribution in [-0.2, 0) is 50.3 Å². The average Bonchev–Trinajstić information content (AvgIpc) is 3.16. The summed E-state index contributed by atoms with van der Waals surface area (Å²) in [5.74, 6) is -0.728. The molecule has 12 nitrogen and oxygen atoms in total. The molecule has 304 valence electrons. The number of benzene rings is 2. The average molecular weight is 833 g/mol. The lowest BCUT2D eigenvalue weighted by Crippen LogP contribution is -2.63. The maximum Gasteiger partial charge on any atom is 0.458 e. The molecular formula is C42H52N4O8S2Si. The van der Waals surface area contributed by atoms with Crippen LogP contribution in [0.4, 0.5) is 0 Å². The SMILES string of the molecule is CC1=C(C(=O)O[Si](C)(C)OC(=O)C2=C(C)CSC3/C(=N/C(Cc4ccccc4)OCC(C)C)C(=O)N23)N2C(=O)/C(=N/C(Cc3ccccc3)OCC(C)C)C2SC1. The van der Waals surface area contributed by atoms with E-state index in [2.05, 4.69) is 27.7 Å². The second-order valence-electron chi connectivity index (χ2n) is 15.9. The smallest absolute Gasteiger partial charge is 0.458 e. The summed E-state index contributed by atoms with van der Waals surface area (Å²) < 4.78 is 24.2. The highest BCUT2D eigenvalue weighted by molar-refractivity contribution is 8.01. The van der Waals surface area contributed by atoms with Gasteiger partial charge in [0.05, 0.1) is 13.2 Å². The molecule has 2 aromatic rings. The Kier molecular flexibility index (Phi) is 13.6. The van der Waals surface area contributed by atoms with Gasteiger partial charge < -0.3 is 18.3 Å². The second kappa shape index (κ2) is 18.3. The molecule has 4 atom stereocenters. The predicted octanol–water partition coefficient (Wildman–Crippen LogP) is 6.52. The summed E-state index contributed by atoms with van der Waals surface area (Å²) in [7, 11) is -3.53. The number of carbonyl (C=O) groups is 4. The summed E-state index contributed by atoms with van der Waals surface area (Å²) in [6.45, 7) is 15.9. The zero-order chi connectivity index (χ0) is 41.0. The maximum absolute atomic E-state index is 13.9. The normalized spacial score (nSPS) is 22.1. The summed E-state index contributed by atoms with van der Waals surface area (Å²) in [6, 6.07) is 19.7. The van der Waals surface area contributed by atoms with E-state index >= 15 is 0 Å². The molecule has 2 saturated heterocycles. The third-order valence-electron chi connectivity index (χ3n) is 9.40. The Morgan fingerprint density at radius 3 is 1.40 bits per heavy atom. The summed E-state index contributed by atoms with van der Waals surface area (Å²) in [4.78, 5) is 67.5. The summed E-state index contributed by atoms with van der Waals surface area (Å²) >= 11 is 3.01. The monoisotopic (exact) mass is 832 g/mol. The van der Waals surface area contributed by atoms with Gasteiger partial charge in [-0.3, -0.25) is 19.4 Å². The van der Waals surface area contributed by atoms with Gasteiger partial charge in [0.2, 0.25) is 0 Å². The van der Waals surface area contributed by atoms with Crippen LogP contribution in [-0.4, -0.2) is 101 Å². The van der Waals surface area contributed by atoms with Crippen LogP contribution in [0.1, 0.15) is 52.7 Å². The van der Waals surface area contributed by atoms with Crippen molar-refractivity contribution < 1.29 is 37.5 Å². The van der Waals surface area contributed by atoms with Crippen LogP contribution >= 0.6 is 23.5 Å². The molecule has 2 fully saturated rings. The first-order valence-corrected chi connectivity index (χ1v) is 24.3. The highest BCUT2D eigenvalue weighted by Gasteiger charge is 2.54. The van der Waals surface area contributed by atoms with Crippen molar-refractivity contribution in [3.8, 4) is 0 Å². The van der Waals surface area contributed by atoms with Gasteiger partial charge in [-0.25, -0.2) is 19.6 Å². The Morgan fingerprint density at radius 2 is 1.05 bits per heavy atom. The molecule has 57 heavy (non-hydrogen) atoms. The van der Waals surface area contributed by atoms with E-state index in [0.29, 0.717) is 60.1 Å². The standard InChI is InChI=1S/C42H52N4O8S2Si/c1-25(2)21-51-31(19-29-15-11-9-12-16-29)43-33-37(47)45-35(27(5)23-55-39(33)45)41(49)53-57(7,8)54-42(50)36-28(6)24-56-40-34(38(48)46(36)40)44-32(52-22-26(3)4)20-30-17-13-10-14-18-30/h9-18,25-26,31-32,39-40H,19-24H2,1-8H3/b43-33-,44-34+. The fraction of sp³-hybridized carbons (Fsp3) is 0.476. The van der Waals surface area contributed by atoms with Crippen molar-refractivity contribution in [1.82, 2.24) is 9.80 Å². The van der Waals surface area contributed by atoms with Crippen LogP contribution in [0.2, 0.25) is 13.1 Å². The van der Waals surface area contributed by atoms with E-state index in [4.69, 9.17) is 28.3 Å². The van der Waals surface area contributed by atoms with E-state index in [1.807, 2.05) is 60.7 Å². The lowest BCUT2D eigenvalue weighted by atomic mass is 10.1. The Bertz CT molecular complexity index is 1850. The van der Waals surface area contributed by atoms with Gasteiger partial charge in [-0.1, -0.05) is 88.4 Å². The number of rotatable bonds is 16. The number of hydrogen-bond acceptors (Lipinski definition) is 12. The van der Waals surface area contributed by atoms with E-state index in [0.717, 1.165) is 11.1 Å². The van der Waals surface area contributed by atoms with E-state index in [1.54, 1.807) is 26.9 Å². The number of hydrogen-bond donors (Lipinski definition) is 0. The number of carbonyl (C=O) groups excluding carboxylic acids is 4. The molecule has 0 bridgehead atoms. The van der Waals surface area contributed by atoms with Crippen LogP contribution in [0.5, 0.6) is 0 Å². The zero-order valence-corrected chi connectivity index (χ0v) is 36.5. The number of aliphatic imine (C=N–C) groups is 2.